The molecule has 0 spiro atoms. The molecule has 0 bridgehead atoms. The first-order chi connectivity index (χ1) is 22.1. The Balaban J connectivity index is 1.20. The number of nitrogens with zero attached hydrogens (tertiary/aromatic N) is 1. The van der Waals surface area contributed by atoms with Gasteiger partial charge >= 0.3 is 0 Å². The Morgan fingerprint density at radius 2 is 0.978 bits per heavy atom. The Morgan fingerprint density at radius 3 is 1.59 bits per heavy atom. The van der Waals surface area contributed by atoms with Crippen LogP contribution >= 0.6 is 0 Å². The van der Waals surface area contributed by atoms with Gasteiger partial charge in [-0.1, -0.05) is 87.5 Å². The van der Waals surface area contributed by atoms with Gasteiger partial charge < -0.3 is 4.90 Å². The molecule has 0 radical (unpaired) electrons. The molecule has 0 unspecified atom stereocenters. The maximum absolute atomic E-state index is 2.41. The lowest BCUT2D eigenvalue weighted by atomic mass is 9.77. The average Bonchev–Trinajstić information content (AvgIpc) is 3.03. The molecule has 1 heteroatoms. The van der Waals surface area contributed by atoms with E-state index in [4.69, 9.17) is 0 Å². The second-order valence-electron chi connectivity index (χ2n) is 14.2. The van der Waals surface area contributed by atoms with Crippen LogP contribution in [0.4, 0.5) is 17.1 Å². The van der Waals surface area contributed by atoms with Crippen LogP contribution in [0, 0.1) is 20.8 Å². The highest BCUT2D eigenvalue weighted by atomic mass is 15.1. The Bertz CT molecular complexity index is 2290. The predicted octanol–water partition coefficient (Wildman–Crippen LogP) is 13.0. The summed E-state index contributed by atoms with van der Waals surface area (Å²) >= 11 is 0. The molecule has 224 valence electrons. The minimum atomic E-state index is 0.154. The van der Waals surface area contributed by atoms with Gasteiger partial charge in [-0.15, -0.1) is 0 Å². The van der Waals surface area contributed by atoms with Crippen molar-refractivity contribution in [3.63, 3.8) is 0 Å². The van der Waals surface area contributed by atoms with Crippen LogP contribution in [0.1, 0.15) is 43.0 Å². The number of hydrogen-bond acceptors (Lipinski definition) is 1. The zero-order chi connectivity index (χ0) is 31.7. The van der Waals surface area contributed by atoms with Gasteiger partial charge in [0.25, 0.3) is 0 Å². The molecule has 0 aliphatic heterocycles. The molecule has 7 aromatic carbocycles. The molecule has 0 saturated heterocycles. The van der Waals surface area contributed by atoms with Crippen molar-refractivity contribution in [3.05, 3.63) is 150 Å². The lowest BCUT2D eigenvalue weighted by Crippen LogP contribution is -2.11. The first-order valence-electron chi connectivity index (χ1n) is 16.3. The van der Waals surface area contributed by atoms with E-state index in [-0.39, 0.29) is 5.41 Å². The Hall–Kier alpha value is -5.14. The summed E-state index contributed by atoms with van der Waals surface area (Å²) in [6.07, 6.45) is 0. The number of rotatable bonds is 4. The van der Waals surface area contributed by atoms with Gasteiger partial charge in [0.15, 0.2) is 0 Å². The fourth-order valence-corrected chi connectivity index (χ4v) is 7.21. The van der Waals surface area contributed by atoms with E-state index in [1.165, 1.54) is 94.2 Å². The van der Waals surface area contributed by atoms with Crippen LogP contribution in [-0.4, -0.2) is 0 Å². The van der Waals surface area contributed by atoms with Crippen LogP contribution in [-0.2, 0) is 5.41 Å². The molecule has 1 aliphatic rings. The van der Waals surface area contributed by atoms with Crippen LogP contribution in [0.15, 0.2) is 127 Å². The van der Waals surface area contributed by atoms with Gasteiger partial charge in [0, 0.05) is 17.1 Å². The number of fused-ring (bicyclic) bond motifs is 6. The van der Waals surface area contributed by atoms with Gasteiger partial charge in [0.2, 0.25) is 0 Å². The van der Waals surface area contributed by atoms with E-state index in [1.807, 2.05) is 0 Å². The summed E-state index contributed by atoms with van der Waals surface area (Å²) in [4.78, 5) is 2.41. The molecule has 46 heavy (non-hydrogen) atoms. The summed E-state index contributed by atoms with van der Waals surface area (Å²) in [6, 6.07) is 47.9. The standard InChI is InChI=1S/C45H39N/c1-28-19-29(2)21-39(20-28)46(44-10-8-7-9-30(44)3)38-18-15-34-25-41-40-24-33-12-11-32(31-13-16-37(17-14-31)45(4,5)6)22-35(33)26-42(40)43(41)27-36(34)23-38/h7-27H,1-6H3. The van der Waals surface area contributed by atoms with E-state index in [9.17, 15) is 0 Å². The number of benzene rings is 7. The monoisotopic (exact) mass is 593 g/mol. The van der Waals surface area contributed by atoms with E-state index < -0.39 is 0 Å². The molecular weight excluding hydrogens is 555 g/mol. The summed E-state index contributed by atoms with van der Waals surface area (Å²) in [7, 11) is 0. The molecule has 0 aromatic heterocycles. The molecule has 1 aliphatic carbocycles. The van der Waals surface area contributed by atoms with Crippen molar-refractivity contribution in [2.45, 2.75) is 47.0 Å². The Kier molecular flexibility index (Phi) is 6.44. The number of aryl methyl sites for hydroxylation is 3. The number of para-hydroxylation sites is 1. The highest BCUT2D eigenvalue weighted by molar-refractivity contribution is 6.12. The van der Waals surface area contributed by atoms with Crippen LogP contribution in [0.25, 0.3) is 54.9 Å². The topological polar surface area (TPSA) is 3.24 Å². The second kappa shape index (κ2) is 10.5. The van der Waals surface area contributed by atoms with Crippen molar-refractivity contribution in [2.24, 2.45) is 0 Å². The molecule has 1 nitrogen and oxygen atoms in total. The quantitative estimate of drug-likeness (QED) is 0.196. The summed E-state index contributed by atoms with van der Waals surface area (Å²) < 4.78 is 0. The maximum Gasteiger partial charge on any atom is 0.0490 e. The Morgan fingerprint density at radius 1 is 0.435 bits per heavy atom. The van der Waals surface area contributed by atoms with Gasteiger partial charge in [0.1, 0.15) is 0 Å². The van der Waals surface area contributed by atoms with E-state index in [0.29, 0.717) is 0 Å². The smallest absolute Gasteiger partial charge is 0.0490 e. The molecule has 0 amide bonds. The molecule has 8 rings (SSSR count). The third-order valence-electron chi connectivity index (χ3n) is 9.68. The molecule has 0 heterocycles. The van der Waals surface area contributed by atoms with Crippen molar-refractivity contribution in [2.75, 3.05) is 4.90 Å². The highest BCUT2D eigenvalue weighted by Crippen LogP contribution is 2.51. The van der Waals surface area contributed by atoms with Crippen molar-refractivity contribution in [1.82, 2.24) is 0 Å². The van der Waals surface area contributed by atoms with E-state index >= 15 is 0 Å². The maximum atomic E-state index is 2.41. The first-order valence-corrected chi connectivity index (χ1v) is 16.3. The minimum absolute atomic E-state index is 0.154. The second-order valence-corrected chi connectivity index (χ2v) is 14.2. The lowest BCUT2D eigenvalue weighted by Gasteiger charge is -2.29. The lowest BCUT2D eigenvalue weighted by molar-refractivity contribution is 0.590. The van der Waals surface area contributed by atoms with Crippen LogP contribution in [0.3, 0.4) is 0 Å². The average molecular weight is 594 g/mol. The predicted molar refractivity (Wildman–Crippen MR) is 199 cm³/mol. The zero-order valence-electron chi connectivity index (χ0n) is 27.6. The SMILES string of the molecule is Cc1cc(C)cc(N(c2ccc3cc4c(cc3c2)-c2cc3cc(-c5ccc(C(C)(C)C)cc5)ccc3cc2-4)c2ccccc2C)c1. The summed E-state index contributed by atoms with van der Waals surface area (Å²) in [6.45, 7) is 13.4. The van der Waals surface area contributed by atoms with Gasteiger partial charge in [-0.25, -0.2) is 0 Å². The first kappa shape index (κ1) is 28.3. The van der Waals surface area contributed by atoms with E-state index in [0.717, 1.165) is 0 Å². The van der Waals surface area contributed by atoms with Crippen LogP contribution in [0.2, 0.25) is 0 Å². The van der Waals surface area contributed by atoms with Gasteiger partial charge in [-0.05, 0) is 164 Å². The molecule has 7 aromatic rings. The Labute approximate surface area is 272 Å². The van der Waals surface area contributed by atoms with E-state index in [1.54, 1.807) is 0 Å². The highest BCUT2D eigenvalue weighted by Gasteiger charge is 2.24. The van der Waals surface area contributed by atoms with Crippen molar-refractivity contribution >= 4 is 38.6 Å². The normalized spacial score (nSPS) is 12.1. The molecule has 0 saturated carbocycles. The summed E-state index contributed by atoms with van der Waals surface area (Å²) in [5.41, 5.74) is 16.8. The van der Waals surface area contributed by atoms with Crippen molar-refractivity contribution in [1.29, 1.82) is 0 Å². The zero-order valence-corrected chi connectivity index (χ0v) is 27.6. The van der Waals surface area contributed by atoms with Crippen molar-refractivity contribution in [3.8, 4) is 33.4 Å². The minimum Gasteiger partial charge on any atom is -0.310 e. The van der Waals surface area contributed by atoms with E-state index in [2.05, 4.69) is 174 Å². The largest absolute Gasteiger partial charge is 0.310 e. The molecular formula is C45H39N. The number of hydrogen-bond donors (Lipinski definition) is 0. The molecule has 0 fully saturated rings. The fourth-order valence-electron chi connectivity index (χ4n) is 7.21. The fraction of sp³-hybridized carbons (Fsp3) is 0.156. The molecule has 0 N–H and O–H groups in total. The van der Waals surface area contributed by atoms with Gasteiger partial charge in [-0.2, -0.15) is 0 Å². The third-order valence-corrected chi connectivity index (χ3v) is 9.68. The number of anilines is 3. The van der Waals surface area contributed by atoms with Crippen molar-refractivity contribution < 1.29 is 0 Å². The van der Waals surface area contributed by atoms with Gasteiger partial charge in [-0.3, -0.25) is 0 Å². The molecule has 0 atom stereocenters. The summed E-state index contributed by atoms with van der Waals surface area (Å²) in [5.74, 6) is 0. The van der Waals surface area contributed by atoms with Gasteiger partial charge in [0.05, 0.1) is 0 Å². The van der Waals surface area contributed by atoms with Crippen LogP contribution < -0.4 is 4.90 Å². The third kappa shape index (κ3) is 4.79. The summed E-state index contributed by atoms with van der Waals surface area (Å²) in [5, 5.41) is 5.11. The van der Waals surface area contributed by atoms with Crippen LogP contribution in [0.5, 0.6) is 0 Å².